The van der Waals surface area contributed by atoms with Crippen LogP contribution in [-0.2, 0) is 14.3 Å². The molecular formula is C10H12O5S. The van der Waals surface area contributed by atoms with Gasteiger partial charge >= 0.3 is 11.9 Å². The first-order valence-electron chi connectivity index (χ1n) is 4.50. The molecule has 0 bridgehead atoms. The van der Waals surface area contributed by atoms with Crippen molar-refractivity contribution in [1.82, 2.24) is 0 Å². The van der Waals surface area contributed by atoms with Crippen molar-refractivity contribution in [2.24, 2.45) is 0 Å². The first kappa shape index (κ1) is 12.7. The first-order chi connectivity index (χ1) is 7.60. The first-order valence-corrected chi connectivity index (χ1v) is 5.38. The van der Waals surface area contributed by atoms with Gasteiger partial charge in [0.2, 0.25) is 0 Å². The quantitative estimate of drug-likeness (QED) is 0.804. The van der Waals surface area contributed by atoms with E-state index in [1.165, 1.54) is 14.2 Å². The zero-order chi connectivity index (χ0) is 12.1. The third kappa shape index (κ3) is 2.80. The predicted octanol–water partition coefficient (Wildman–Crippen LogP) is 1.13. The average Bonchev–Trinajstić information content (AvgIpc) is 2.76. The maximum atomic E-state index is 11.3. The third-order valence-corrected chi connectivity index (χ3v) is 2.92. The number of aliphatic hydroxyl groups excluding tert-OH is 1. The lowest BCUT2D eigenvalue weighted by molar-refractivity contribution is -0.142. The van der Waals surface area contributed by atoms with E-state index >= 15 is 0 Å². The van der Waals surface area contributed by atoms with Gasteiger partial charge in [-0.1, -0.05) is 0 Å². The van der Waals surface area contributed by atoms with Gasteiger partial charge in [0.15, 0.2) is 0 Å². The molecule has 6 heteroatoms. The molecule has 1 aromatic rings. The zero-order valence-corrected chi connectivity index (χ0v) is 9.74. The summed E-state index contributed by atoms with van der Waals surface area (Å²) in [6.07, 6.45) is -1.23. The van der Waals surface area contributed by atoms with E-state index in [2.05, 4.69) is 9.47 Å². The second-order valence-corrected chi connectivity index (χ2v) is 3.91. The molecule has 0 saturated carbocycles. The van der Waals surface area contributed by atoms with Crippen molar-refractivity contribution in [3.63, 3.8) is 0 Å². The Hall–Kier alpha value is -1.40. The molecule has 0 radical (unpaired) electrons. The van der Waals surface area contributed by atoms with E-state index in [0.717, 1.165) is 11.3 Å². The van der Waals surface area contributed by atoms with Crippen LogP contribution in [0.15, 0.2) is 11.4 Å². The van der Waals surface area contributed by atoms with Crippen LogP contribution >= 0.6 is 11.3 Å². The number of thiophene rings is 1. The summed E-state index contributed by atoms with van der Waals surface area (Å²) in [7, 11) is 2.50. The van der Waals surface area contributed by atoms with Gasteiger partial charge in [-0.15, -0.1) is 11.3 Å². The molecule has 0 fully saturated rings. The molecule has 1 aromatic heterocycles. The SMILES string of the molecule is COC(=O)C[C@@H](O)c1ccsc1C(=O)OC. The second kappa shape index (κ2) is 5.62. The van der Waals surface area contributed by atoms with Crippen molar-refractivity contribution in [1.29, 1.82) is 0 Å². The minimum Gasteiger partial charge on any atom is -0.469 e. The molecule has 16 heavy (non-hydrogen) atoms. The van der Waals surface area contributed by atoms with Gasteiger partial charge in [0.25, 0.3) is 0 Å². The number of ether oxygens (including phenoxy) is 2. The van der Waals surface area contributed by atoms with Crippen LogP contribution < -0.4 is 0 Å². The second-order valence-electron chi connectivity index (χ2n) is 2.99. The number of hydrogen-bond acceptors (Lipinski definition) is 6. The van der Waals surface area contributed by atoms with Gasteiger partial charge in [-0.25, -0.2) is 4.79 Å². The maximum absolute atomic E-state index is 11.3. The summed E-state index contributed by atoms with van der Waals surface area (Å²) in [5, 5.41) is 11.4. The molecule has 88 valence electrons. The highest BCUT2D eigenvalue weighted by Crippen LogP contribution is 2.26. The molecule has 0 aromatic carbocycles. The van der Waals surface area contributed by atoms with E-state index in [4.69, 9.17) is 0 Å². The number of carbonyl (C=O) groups excluding carboxylic acids is 2. The topological polar surface area (TPSA) is 72.8 Å². The van der Waals surface area contributed by atoms with Gasteiger partial charge in [-0.2, -0.15) is 0 Å². The van der Waals surface area contributed by atoms with E-state index in [1.54, 1.807) is 11.4 Å². The fourth-order valence-electron chi connectivity index (χ4n) is 1.19. The summed E-state index contributed by atoms with van der Waals surface area (Å²) in [4.78, 5) is 22.6. The van der Waals surface area contributed by atoms with Crippen molar-refractivity contribution in [2.45, 2.75) is 12.5 Å². The smallest absolute Gasteiger partial charge is 0.348 e. The predicted molar refractivity (Wildman–Crippen MR) is 57.3 cm³/mol. The monoisotopic (exact) mass is 244 g/mol. The van der Waals surface area contributed by atoms with Crippen molar-refractivity contribution >= 4 is 23.3 Å². The fraction of sp³-hybridized carbons (Fsp3) is 0.400. The molecule has 1 N–H and O–H groups in total. The van der Waals surface area contributed by atoms with Crippen LogP contribution in [0, 0.1) is 0 Å². The van der Waals surface area contributed by atoms with Crippen LogP contribution in [0.5, 0.6) is 0 Å². The standard InChI is InChI=1S/C10H12O5S/c1-14-8(12)5-7(11)6-3-4-16-9(6)10(13)15-2/h3-4,7,11H,5H2,1-2H3/t7-/m1/s1. The fourth-order valence-corrected chi connectivity index (χ4v) is 2.06. The minimum atomic E-state index is -1.05. The van der Waals surface area contributed by atoms with Crippen LogP contribution in [0.2, 0.25) is 0 Å². The molecule has 1 rings (SSSR count). The van der Waals surface area contributed by atoms with Crippen LogP contribution in [0.3, 0.4) is 0 Å². The highest BCUT2D eigenvalue weighted by atomic mass is 32.1. The summed E-state index contributed by atoms with van der Waals surface area (Å²) in [5.74, 6) is -1.05. The lowest BCUT2D eigenvalue weighted by Gasteiger charge is -2.09. The largest absolute Gasteiger partial charge is 0.469 e. The van der Waals surface area contributed by atoms with E-state index < -0.39 is 18.0 Å². The summed E-state index contributed by atoms with van der Waals surface area (Å²) in [6.45, 7) is 0. The summed E-state index contributed by atoms with van der Waals surface area (Å²) < 4.78 is 8.99. The van der Waals surface area contributed by atoms with Gasteiger partial charge in [0, 0.05) is 5.56 Å². The van der Waals surface area contributed by atoms with Gasteiger partial charge in [0.05, 0.1) is 26.7 Å². The Balaban J connectivity index is 2.83. The van der Waals surface area contributed by atoms with Gasteiger partial charge in [-0.05, 0) is 11.4 Å². The van der Waals surface area contributed by atoms with Crippen LogP contribution in [0.4, 0.5) is 0 Å². The van der Waals surface area contributed by atoms with E-state index in [-0.39, 0.29) is 6.42 Å². The Morgan fingerprint density at radius 3 is 2.69 bits per heavy atom. The Bertz CT molecular complexity index is 384. The van der Waals surface area contributed by atoms with Gasteiger partial charge in [-0.3, -0.25) is 4.79 Å². The molecule has 5 nitrogen and oxygen atoms in total. The average molecular weight is 244 g/mol. The highest BCUT2D eigenvalue weighted by molar-refractivity contribution is 7.12. The number of aliphatic hydroxyl groups is 1. The van der Waals surface area contributed by atoms with E-state index in [1.807, 2.05) is 0 Å². The molecule has 0 spiro atoms. The Labute approximate surface area is 96.6 Å². The number of methoxy groups -OCH3 is 2. The molecule has 0 aliphatic carbocycles. The molecule has 0 unspecified atom stereocenters. The van der Waals surface area contributed by atoms with Crippen molar-refractivity contribution in [3.8, 4) is 0 Å². The van der Waals surface area contributed by atoms with Crippen molar-refractivity contribution in [3.05, 3.63) is 21.9 Å². The number of carbonyl (C=O) groups is 2. The number of hydrogen-bond donors (Lipinski definition) is 1. The van der Waals surface area contributed by atoms with Crippen LogP contribution in [-0.4, -0.2) is 31.3 Å². The van der Waals surface area contributed by atoms with Crippen molar-refractivity contribution < 1.29 is 24.2 Å². The Morgan fingerprint density at radius 2 is 2.12 bits per heavy atom. The third-order valence-electron chi connectivity index (χ3n) is 2.01. The molecule has 0 aliphatic rings. The molecule has 0 saturated heterocycles. The zero-order valence-electron chi connectivity index (χ0n) is 8.93. The summed E-state index contributed by atoms with van der Waals surface area (Å²) in [6, 6.07) is 1.59. The van der Waals surface area contributed by atoms with Crippen LogP contribution in [0.1, 0.15) is 27.8 Å². The molecule has 0 aliphatic heterocycles. The molecule has 1 heterocycles. The van der Waals surface area contributed by atoms with Crippen LogP contribution in [0.25, 0.3) is 0 Å². The lowest BCUT2D eigenvalue weighted by atomic mass is 10.1. The number of esters is 2. The lowest BCUT2D eigenvalue weighted by Crippen LogP contribution is -2.11. The van der Waals surface area contributed by atoms with Gasteiger partial charge < -0.3 is 14.6 Å². The normalized spacial score (nSPS) is 11.9. The maximum Gasteiger partial charge on any atom is 0.348 e. The minimum absolute atomic E-state index is 0.183. The molecule has 0 amide bonds. The molecule has 1 atom stereocenters. The summed E-state index contributed by atoms with van der Waals surface area (Å²) in [5.41, 5.74) is 0.391. The summed E-state index contributed by atoms with van der Waals surface area (Å²) >= 11 is 1.16. The number of rotatable bonds is 4. The van der Waals surface area contributed by atoms with Gasteiger partial charge in [0.1, 0.15) is 4.88 Å². The Morgan fingerprint density at radius 1 is 1.44 bits per heavy atom. The van der Waals surface area contributed by atoms with Crippen molar-refractivity contribution in [2.75, 3.05) is 14.2 Å². The van der Waals surface area contributed by atoms with E-state index in [0.29, 0.717) is 10.4 Å². The van der Waals surface area contributed by atoms with E-state index in [9.17, 15) is 14.7 Å². The molecular weight excluding hydrogens is 232 g/mol. The Kier molecular flexibility index (Phi) is 4.45. The highest BCUT2D eigenvalue weighted by Gasteiger charge is 2.21.